The van der Waals surface area contributed by atoms with Crippen molar-refractivity contribution in [3.05, 3.63) is 65.5 Å². The van der Waals surface area contributed by atoms with Gasteiger partial charge in [-0.2, -0.15) is 0 Å². The molecule has 0 amide bonds. The van der Waals surface area contributed by atoms with Crippen molar-refractivity contribution in [2.45, 2.75) is 55.9 Å². The highest BCUT2D eigenvalue weighted by Crippen LogP contribution is 2.44. The molecule has 3 aliphatic rings. The molecule has 6 N–H and O–H groups in total. The summed E-state index contributed by atoms with van der Waals surface area (Å²) in [7, 11) is 0. The topological polar surface area (TPSA) is 192 Å². The van der Waals surface area contributed by atoms with Gasteiger partial charge < -0.3 is 49.6 Å². The zero-order valence-electron chi connectivity index (χ0n) is 20.9. The Balaban J connectivity index is 1.48. The van der Waals surface area contributed by atoms with Gasteiger partial charge in [-0.05, 0) is 17.6 Å². The summed E-state index contributed by atoms with van der Waals surface area (Å²) in [5.74, 6) is -3.39. The van der Waals surface area contributed by atoms with Gasteiger partial charge in [0, 0.05) is 5.92 Å². The number of carbonyl (C=O) groups is 2. The van der Waals surface area contributed by atoms with Crippen LogP contribution in [-0.4, -0.2) is 98.9 Å². The largest absolute Gasteiger partial charge is 0.478 e. The van der Waals surface area contributed by atoms with Gasteiger partial charge in [0.05, 0.1) is 43.5 Å². The third kappa shape index (κ3) is 6.56. The van der Waals surface area contributed by atoms with Crippen LogP contribution in [0, 0.1) is 11.8 Å². The predicted molar refractivity (Wildman–Crippen MR) is 132 cm³/mol. The van der Waals surface area contributed by atoms with E-state index in [0.717, 1.165) is 11.8 Å². The zero-order chi connectivity index (χ0) is 28.1. The summed E-state index contributed by atoms with van der Waals surface area (Å²) in [5.41, 5.74) is 1.28. The summed E-state index contributed by atoms with van der Waals surface area (Å²) < 4.78 is 22.4. The van der Waals surface area contributed by atoms with Gasteiger partial charge in [0.15, 0.2) is 6.10 Å². The molecule has 0 bridgehead atoms. The number of benzene rings is 1. The first kappa shape index (κ1) is 28.9. The average Bonchev–Trinajstić information content (AvgIpc) is 3.36. The molecule has 1 aromatic carbocycles. The Morgan fingerprint density at radius 2 is 1.85 bits per heavy atom. The van der Waals surface area contributed by atoms with Crippen molar-refractivity contribution < 1.29 is 59.2 Å². The van der Waals surface area contributed by atoms with Crippen LogP contribution in [0.4, 0.5) is 0 Å². The van der Waals surface area contributed by atoms with Crippen molar-refractivity contribution in [2.24, 2.45) is 11.8 Å². The smallest absolute Gasteiger partial charge is 0.335 e. The van der Waals surface area contributed by atoms with Crippen LogP contribution in [0.25, 0.3) is 6.08 Å². The van der Waals surface area contributed by atoms with Gasteiger partial charge >= 0.3 is 11.9 Å². The summed E-state index contributed by atoms with van der Waals surface area (Å²) in [6, 6.07) is 9.09. The minimum Gasteiger partial charge on any atom is -0.478 e. The molecular weight excluding hydrogens is 516 g/mol. The van der Waals surface area contributed by atoms with Crippen LogP contribution in [0.2, 0.25) is 0 Å². The van der Waals surface area contributed by atoms with Crippen molar-refractivity contribution in [3.63, 3.8) is 0 Å². The molecule has 12 nitrogen and oxygen atoms in total. The molecule has 1 saturated heterocycles. The lowest BCUT2D eigenvalue weighted by atomic mass is 9.83. The summed E-state index contributed by atoms with van der Waals surface area (Å²) >= 11 is 0. The van der Waals surface area contributed by atoms with Crippen LogP contribution in [0.3, 0.4) is 0 Å². The number of rotatable bonds is 10. The molecule has 2 aliphatic heterocycles. The maximum atomic E-state index is 12.7. The molecule has 2 heterocycles. The molecule has 212 valence electrons. The van der Waals surface area contributed by atoms with E-state index in [-0.39, 0.29) is 12.2 Å². The summed E-state index contributed by atoms with van der Waals surface area (Å²) in [6.45, 7) is -1.07. The van der Waals surface area contributed by atoms with Gasteiger partial charge in [0.1, 0.15) is 18.3 Å². The van der Waals surface area contributed by atoms with E-state index in [1.165, 1.54) is 6.08 Å². The first-order valence-corrected chi connectivity index (χ1v) is 12.5. The van der Waals surface area contributed by atoms with Gasteiger partial charge in [-0.25, -0.2) is 4.79 Å². The van der Waals surface area contributed by atoms with Crippen molar-refractivity contribution in [1.82, 2.24) is 0 Å². The first-order chi connectivity index (χ1) is 18.7. The third-order valence-corrected chi connectivity index (χ3v) is 6.99. The lowest BCUT2D eigenvalue weighted by molar-refractivity contribution is -0.341. The molecular formula is C27H32O12. The summed E-state index contributed by atoms with van der Waals surface area (Å²) in [4.78, 5) is 24.3. The molecule has 0 aromatic heterocycles. The number of fused-ring (bicyclic) bond motifs is 1. The first-order valence-electron chi connectivity index (χ1n) is 12.5. The molecule has 1 aromatic rings. The summed E-state index contributed by atoms with van der Waals surface area (Å²) in [5, 5.41) is 60.3. The number of carboxylic acid groups (broad SMARTS) is 1. The number of carboxylic acids is 1. The van der Waals surface area contributed by atoms with E-state index in [9.17, 15) is 40.2 Å². The van der Waals surface area contributed by atoms with E-state index >= 15 is 0 Å². The Morgan fingerprint density at radius 1 is 1.10 bits per heavy atom. The molecule has 0 saturated carbocycles. The maximum Gasteiger partial charge on any atom is 0.335 e. The molecule has 9 atom stereocenters. The lowest BCUT2D eigenvalue weighted by Gasteiger charge is -2.44. The van der Waals surface area contributed by atoms with Gasteiger partial charge in [0.2, 0.25) is 12.6 Å². The van der Waals surface area contributed by atoms with Crippen molar-refractivity contribution in [2.75, 3.05) is 13.2 Å². The SMILES string of the molecule is O=C(C[C@H](O)/C=C/c1ccccc1)O[C@H]1[C@H](O[C@@H]2OC=C(C(=O)O)[C@H]3CC=C(CO)[C@@H]23)O[C@H](CO)[C@@H](O)[C@@H]1O. The van der Waals surface area contributed by atoms with Crippen LogP contribution in [0.15, 0.2) is 59.9 Å². The Hall–Kier alpha value is -3.10. The molecule has 12 heteroatoms. The highest BCUT2D eigenvalue weighted by molar-refractivity contribution is 5.87. The number of ether oxygens (including phenoxy) is 4. The molecule has 39 heavy (non-hydrogen) atoms. The molecule has 0 spiro atoms. The Morgan fingerprint density at radius 3 is 2.51 bits per heavy atom. The number of esters is 1. The highest BCUT2D eigenvalue weighted by atomic mass is 16.8. The minimum atomic E-state index is -1.73. The van der Waals surface area contributed by atoms with Crippen LogP contribution >= 0.6 is 0 Å². The Labute approximate surface area is 224 Å². The lowest BCUT2D eigenvalue weighted by Crippen LogP contribution is -2.61. The second-order valence-corrected chi connectivity index (χ2v) is 9.53. The number of aliphatic carboxylic acids is 1. The minimum absolute atomic E-state index is 0.00618. The predicted octanol–water partition coefficient (Wildman–Crippen LogP) is -0.302. The second-order valence-electron chi connectivity index (χ2n) is 9.53. The fourth-order valence-electron chi connectivity index (χ4n) is 4.96. The van der Waals surface area contributed by atoms with E-state index in [2.05, 4.69) is 0 Å². The number of hydrogen-bond acceptors (Lipinski definition) is 11. The Kier molecular flexibility index (Phi) is 9.51. The second kappa shape index (κ2) is 12.8. The van der Waals surface area contributed by atoms with E-state index in [1.54, 1.807) is 12.2 Å². The average molecular weight is 549 g/mol. The van der Waals surface area contributed by atoms with E-state index < -0.39 is 79.9 Å². The standard InChI is InChI=1S/C27H32O12/c28-11-15-7-9-17-18(25(34)35)13-36-26(21(15)17)39-27-24(23(33)22(32)19(12-29)37-27)38-20(31)10-16(30)8-6-14-4-2-1-3-5-14/h1-8,13,16-17,19,21-24,26-30,32-33H,9-12H2,(H,34,35)/b8-6+/t16-,17-,19-,21-,22-,23+,24-,26+,27+/m1/s1. The number of carbonyl (C=O) groups excluding carboxylic acids is 1. The van der Waals surface area contributed by atoms with Gasteiger partial charge in [0.25, 0.3) is 0 Å². The van der Waals surface area contributed by atoms with E-state index in [0.29, 0.717) is 12.0 Å². The third-order valence-electron chi connectivity index (χ3n) is 6.99. The van der Waals surface area contributed by atoms with Crippen molar-refractivity contribution in [1.29, 1.82) is 0 Å². The van der Waals surface area contributed by atoms with Gasteiger partial charge in [-0.1, -0.05) is 48.6 Å². The normalized spacial score (nSPS) is 33.1. The monoisotopic (exact) mass is 548 g/mol. The van der Waals surface area contributed by atoms with E-state index in [1.807, 2.05) is 30.3 Å². The molecule has 4 rings (SSSR count). The van der Waals surface area contributed by atoms with Crippen molar-refractivity contribution >= 4 is 18.0 Å². The number of aliphatic hydroxyl groups is 5. The number of aliphatic hydroxyl groups excluding tert-OH is 5. The van der Waals surface area contributed by atoms with E-state index in [4.69, 9.17) is 18.9 Å². The number of hydrogen-bond donors (Lipinski definition) is 6. The fourth-order valence-corrected chi connectivity index (χ4v) is 4.96. The summed E-state index contributed by atoms with van der Waals surface area (Å²) in [6.07, 6.45) is -4.61. The molecule has 0 unspecified atom stereocenters. The van der Waals surface area contributed by atoms with Crippen LogP contribution in [0.1, 0.15) is 18.4 Å². The molecule has 0 radical (unpaired) electrons. The van der Waals surface area contributed by atoms with Crippen LogP contribution < -0.4 is 0 Å². The molecule has 1 fully saturated rings. The zero-order valence-corrected chi connectivity index (χ0v) is 20.9. The quantitative estimate of drug-likeness (QED) is 0.165. The highest BCUT2D eigenvalue weighted by Gasteiger charge is 2.51. The van der Waals surface area contributed by atoms with Crippen molar-refractivity contribution in [3.8, 4) is 0 Å². The molecule has 1 aliphatic carbocycles. The van der Waals surface area contributed by atoms with Crippen LogP contribution in [-0.2, 0) is 28.5 Å². The van der Waals surface area contributed by atoms with Gasteiger partial charge in [-0.3, -0.25) is 4.79 Å². The van der Waals surface area contributed by atoms with Crippen LogP contribution in [0.5, 0.6) is 0 Å². The maximum absolute atomic E-state index is 12.7. The Bertz CT molecular complexity index is 1100. The fraction of sp³-hybridized carbons (Fsp3) is 0.481. The number of allylic oxidation sites excluding steroid dienone is 1. The van der Waals surface area contributed by atoms with Gasteiger partial charge in [-0.15, -0.1) is 0 Å².